The van der Waals surface area contributed by atoms with Crippen molar-refractivity contribution < 1.29 is 33.8 Å². The number of nitrogens with zero attached hydrogens (tertiary/aromatic N) is 1. The van der Waals surface area contributed by atoms with Gasteiger partial charge in [-0.05, 0) is 0 Å². The molecule has 4 N–H and O–H groups in total. The first-order valence-electron chi connectivity index (χ1n) is 5.51. The van der Waals surface area contributed by atoms with E-state index in [0.717, 1.165) is 6.66 Å². The van der Waals surface area contributed by atoms with Crippen LogP contribution in [0.5, 0.6) is 0 Å². The van der Waals surface area contributed by atoms with Gasteiger partial charge < -0.3 is 29.2 Å². The van der Waals surface area contributed by atoms with Gasteiger partial charge >= 0.3 is 7.60 Å². The first-order valence-corrected chi connectivity index (χ1v) is 7.54. The first-order chi connectivity index (χ1) is 7.89. The van der Waals surface area contributed by atoms with Gasteiger partial charge in [0.2, 0.25) is 0 Å². The molecule has 0 aliphatic rings. The van der Waals surface area contributed by atoms with Crippen molar-refractivity contribution in [2.75, 3.05) is 59.3 Å². The molecule has 0 heterocycles. The molecule has 8 heteroatoms. The summed E-state index contributed by atoms with van der Waals surface area (Å²) in [5.41, 5.74) is 0. The summed E-state index contributed by atoms with van der Waals surface area (Å²) < 4.78 is 16.0. The second-order valence-electron chi connectivity index (χ2n) is 4.04. The second kappa shape index (κ2) is 8.16. The number of hydrogen-bond acceptors (Lipinski definition) is 5. The molecular formula is C9H23NO6P+. The van der Waals surface area contributed by atoms with Crippen molar-refractivity contribution in [2.24, 2.45) is 0 Å². The second-order valence-corrected chi connectivity index (χ2v) is 5.91. The zero-order valence-electron chi connectivity index (χ0n) is 10.2. The Hall–Kier alpha value is -0.0100. The van der Waals surface area contributed by atoms with Crippen LogP contribution in [0.2, 0.25) is 0 Å². The van der Waals surface area contributed by atoms with Crippen molar-refractivity contribution in [3.05, 3.63) is 0 Å². The summed E-state index contributed by atoms with van der Waals surface area (Å²) in [5.74, 6) is 0. The third-order valence-electron chi connectivity index (χ3n) is 2.62. The fraction of sp³-hybridized carbons (Fsp3) is 1.00. The van der Waals surface area contributed by atoms with Gasteiger partial charge in [-0.1, -0.05) is 0 Å². The van der Waals surface area contributed by atoms with Crippen molar-refractivity contribution in [1.82, 2.24) is 0 Å². The van der Waals surface area contributed by atoms with Crippen LogP contribution in [0.1, 0.15) is 0 Å². The van der Waals surface area contributed by atoms with E-state index in [0.29, 0.717) is 26.2 Å². The van der Waals surface area contributed by atoms with Gasteiger partial charge in [0.1, 0.15) is 32.8 Å². The van der Waals surface area contributed by atoms with Gasteiger partial charge in [-0.15, -0.1) is 0 Å². The first kappa shape index (κ1) is 17.0. The van der Waals surface area contributed by atoms with Crippen molar-refractivity contribution in [3.63, 3.8) is 0 Å². The van der Waals surface area contributed by atoms with E-state index in [1.807, 2.05) is 0 Å². The van der Waals surface area contributed by atoms with Crippen LogP contribution in [0.15, 0.2) is 0 Å². The van der Waals surface area contributed by atoms with Gasteiger partial charge in [-0.25, -0.2) is 0 Å². The SMILES string of the molecule is CP(=O)(O)OCC[N+](CCO)(CCO)CCO. The van der Waals surface area contributed by atoms with Gasteiger partial charge in [0.05, 0.1) is 19.8 Å². The topological polar surface area (TPSA) is 107 Å². The maximum Gasteiger partial charge on any atom is 0.325 e. The third-order valence-corrected chi connectivity index (χ3v) is 3.28. The van der Waals surface area contributed by atoms with Crippen LogP contribution in [0, 0.1) is 0 Å². The summed E-state index contributed by atoms with van der Waals surface area (Å²) >= 11 is 0. The summed E-state index contributed by atoms with van der Waals surface area (Å²) in [7, 11) is -3.51. The number of aliphatic hydroxyl groups excluding tert-OH is 3. The average Bonchev–Trinajstić information content (AvgIpc) is 2.16. The normalized spacial score (nSPS) is 15.8. The molecule has 7 nitrogen and oxygen atoms in total. The van der Waals surface area contributed by atoms with Crippen LogP contribution in [0.3, 0.4) is 0 Å². The Labute approximate surface area is 101 Å². The quantitative estimate of drug-likeness (QED) is 0.288. The Bertz CT molecular complexity index is 227. The molecule has 0 saturated heterocycles. The highest BCUT2D eigenvalue weighted by Gasteiger charge is 2.26. The number of rotatable bonds is 10. The Morgan fingerprint density at radius 2 is 1.41 bits per heavy atom. The molecule has 0 aromatic carbocycles. The van der Waals surface area contributed by atoms with Gasteiger partial charge in [0.25, 0.3) is 0 Å². The van der Waals surface area contributed by atoms with Crippen LogP contribution in [-0.2, 0) is 9.09 Å². The molecule has 0 amide bonds. The van der Waals surface area contributed by atoms with E-state index in [1.165, 1.54) is 0 Å². The predicted molar refractivity (Wildman–Crippen MR) is 62.7 cm³/mol. The van der Waals surface area contributed by atoms with Gasteiger partial charge in [0, 0.05) is 6.66 Å². The van der Waals surface area contributed by atoms with Crippen molar-refractivity contribution in [2.45, 2.75) is 0 Å². The summed E-state index contributed by atoms with van der Waals surface area (Å²) in [4.78, 5) is 8.98. The summed E-state index contributed by atoms with van der Waals surface area (Å²) in [6.45, 7) is 2.36. The van der Waals surface area contributed by atoms with E-state index in [-0.39, 0.29) is 30.9 Å². The van der Waals surface area contributed by atoms with E-state index in [1.54, 1.807) is 0 Å². The van der Waals surface area contributed by atoms with E-state index >= 15 is 0 Å². The molecule has 0 aliphatic heterocycles. The molecule has 1 unspecified atom stereocenters. The Morgan fingerprint density at radius 1 is 1.00 bits per heavy atom. The molecule has 17 heavy (non-hydrogen) atoms. The molecule has 0 saturated carbocycles. The molecular weight excluding hydrogens is 249 g/mol. The average molecular weight is 272 g/mol. The smallest absolute Gasteiger partial charge is 0.325 e. The Morgan fingerprint density at radius 3 is 1.71 bits per heavy atom. The van der Waals surface area contributed by atoms with E-state index in [4.69, 9.17) is 24.7 Å². The molecule has 104 valence electrons. The zero-order chi connectivity index (χ0) is 13.4. The maximum atomic E-state index is 11.0. The Kier molecular flexibility index (Phi) is 8.15. The molecule has 0 spiro atoms. The fourth-order valence-electron chi connectivity index (χ4n) is 1.71. The Balaban J connectivity index is 4.38. The molecule has 0 rings (SSSR count). The molecule has 0 aromatic rings. The minimum atomic E-state index is -3.51. The van der Waals surface area contributed by atoms with E-state index in [2.05, 4.69) is 0 Å². The van der Waals surface area contributed by atoms with Crippen molar-refractivity contribution >= 4 is 7.60 Å². The number of hydrogen-bond donors (Lipinski definition) is 4. The summed E-state index contributed by atoms with van der Waals surface area (Å²) in [5, 5.41) is 27.0. The lowest BCUT2D eigenvalue weighted by molar-refractivity contribution is -0.929. The molecule has 0 fully saturated rings. The van der Waals surface area contributed by atoms with Crippen LogP contribution in [0.25, 0.3) is 0 Å². The molecule has 0 radical (unpaired) electrons. The standard InChI is InChI=1S/C9H22NO6P/c1-17(14,15)16-9-5-10(2-6-11,3-7-12)4-8-13/h11-13H,2-9H2,1H3/p+1. The van der Waals surface area contributed by atoms with Crippen LogP contribution >= 0.6 is 7.60 Å². The minimum absolute atomic E-state index is 0.0459. The van der Waals surface area contributed by atoms with Crippen LogP contribution < -0.4 is 0 Å². The predicted octanol–water partition coefficient (Wildman–Crippen LogP) is -1.39. The van der Waals surface area contributed by atoms with Gasteiger partial charge in [-0.2, -0.15) is 0 Å². The molecule has 1 atom stereocenters. The molecule has 0 bridgehead atoms. The maximum absolute atomic E-state index is 11.0. The van der Waals surface area contributed by atoms with Crippen molar-refractivity contribution in [1.29, 1.82) is 0 Å². The zero-order valence-corrected chi connectivity index (χ0v) is 11.1. The monoisotopic (exact) mass is 272 g/mol. The highest BCUT2D eigenvalue weighted by Crippen LogP contribution is 2.36. The fourth-order valence-corrected chi connectivity index (χ4v) is 2.13. The van der Waals surface area contributed by atoms with E-state index < -0.39 is 7.60 Å². The van der Waals surface area contributed by atoms with Gasteiger partial charge in [0.15, 0.2) is 0 Å². The van der Waals surface area contributed by atoms with E-state index in [9.17, 15) is 4.57 Å². The lowest BCUT2D eigenvalue weighted by Crippen LogP contribution is -2.54. The van der Waals surface area contributed by atoms with Crippen LogP contribution in [0.4, 0.5) is 0 Å². The third kappa shape index (κ3) is 7.83. The summed E-state index contributed by atoms with van der Waals surface area (Å²) in [6, 6.07) is 0. The highest BCUT2D eigenvalue weighted by molar-refractivity contribution is 7.51. The lowest BCUT2D eigenvalue weighted by Gasteiger charge is -2.37. The number of aliphatic hydroxyl groups is 3. The lowest BCUT2D eigenvalue weighted by atomic mass is 10.3. The molecule has 0 aliphatic carbocycles. The van der Waals surface area contributed by atoms with Gasteiger partial charge in [-0.3, -0.25) is 4.57 Å². The van der Waals surface area contributed by atoms with Crippen molar-refractivity contribution in [3.8, 4) is 0 Å². The van der Waals surface area contributed by atoms with Crippen LogP contribution in [-0.4, -0.2) is 84.0 Å². The molecule has 0 aromatic heterocycles. The number of quaternary nitrogens is 1. The minimum Gasteiger partial charge on any atom is -0.391 e. The highest BCUT2D eigenvalue weighted by atomic mass is 31.2. The largest absolute Gasteiger partial charge is 0.391 e. The summed E-state index contributed by atoms with van der Waals surface area (Å²) in [6.07, 6.45) is 0.